The van der Waals surface area contributed by atoms with Gasteiger partial charge in [-0.2, -0.15) is 4.99 Å². The minimum Gasteiger partial charge on any atom is -0.377 e. The molecule has 0 spiro atoms. The maximum absolute atomic E-state index is 11.4. The summed E-state index contributed by atoms with van der Waals surface area (Å²) in [6.07, 6.45) is 3.12. The number of imidazole rings is 1. The summed E-state index contributed by atoms with van der Waals surface area (Å²) in [6.45, 7) is 0. The highest BCUT2D eigenvalue weighted by molar-refractivity contribution is 7.92. The molecule has 1 amide bonds. The Balaban J connectivity index is 2.12. The Morgan fingerprint density at radius 3 is 2.71 bits per heavy atom. The monoisotopic (exact) mass is 347 g/mol. The van der Waals surface area contributed by atoms with Crippen molar-refractivity contribution in [3.63, 3.8) is 0 Å². The third-order valence-electron chi connectivity index (χ3n) is 3.46. The van der Waals surface area contributed by atoms with Gasteiger partial charge < -0.3 is 9.88 Å². The number of sulfonamides is 1. The number of H-pyrrole nitrogens is 1. The lowest BCUT2D eigenvalue weighted by molar-refractivity contribution is -0.117. The average molecular weight is 347 g/mol. The van der Waals surface area contributed by atoms with Gasteiger partial charge in [0.25, 0.3) is 5.91 Å². The molecule has 8 nitrogen and oxygen atoms in total. The molecule has 1 aromatic carbocycles. The summed E-state index contributed by atoms with van der Waals surface area (Å²) < 4.78 is 25.3. The molecule has 1 aromatic heterocycles. The molecule has 0 saturated carbocycles. The molecule has 24 heavy (non-hydrogen) atoms. The first kappa shape index (κ1) is 16.2. The molecule has 2 heterocycles. The van der Waals surface area contributed by atoms with E-state index in [-0.39, 0.29) is 12.3 Å². The molecule has 126 valence electrons. The average Bonchev–Trinajstić information content (AvgIpc) is 2.88. The number of benzene rings is 1. The summed E-state index contributed by atoms with van der Waals surface area (Å²) in [5.74, 6) is 0.352. The molecule has 1 aliphatic heterocycles. The Bertz CT molecular complexity index is 1040. The Morgan fingerprint density at radius 1 is 1.29 bits per heavy atom. The van der Waals surface area contributed by atoms with Gasteiger partial charge in [-0.05, 0) is 24.3 Å². The number of aromatic amines is 1. The van der Waals surface area contributed by atoms with Crippen LogP contribution in [0.1, 0.15) is 6.42 Å². The van der Waals surface area contributed by atoms with Crippen LogP contribution in [-0.2, 0) is 14.8 Å². The van der Waals surface area contributed by atoms with Crippen molar-refractivity contribution >= 4 is 33.4 Å². The Hall–Kier alpha value is -2.68. The predicted octanol–water partition coefficient (Wildman–Crippen LogP) is -0.155. The van der Waals surface area contributed by atoms with Crippen molar-refractivity contribution in [3.05, 3.63) is 29.0 Å². The molecule has 0 unspecified atom stereocenters. The molecule has 2 N–H and O–H groups in total. The normalized spacial score (nSPS) is 13.7. The Morgan fingerprint density at radius 2 is 2.04 bits per heavy atom. The first-order chi connectivity index (χ1) is 11.2. The van der Waals surface area contributed by atoms with E-state index >= 15 is 0 Å². The van der Waals surface area contributed by atoms with Gasteiger partial charge >= 0.3 is 0 Å². The van der Waals surface area contributed by atoms with Crippen LogP contribution in [0.25, 0.3) is 17.5 Å². The number of carbonyl (C=O) groups is 1. The summed E-state index contributed by atoms with van der Waals surface area (Å²) in [6, 6.07) is 5.16. The van der Waals surface area contributed by atoms with E-state index in [1.54, 1.807) is 24.3 Å². The van der Waals surface area contributed by atoms with Crippen LogP contribution < -0.4 is 20.5 Å². The molecule has 0 atom stereocenters. The fourth-order valence-corrected chi connectivity index (χ4v) is 3.02. The lowest BCUT2D eigenvalue weighted by atomic mass is 10.1. The quantitative estimate of drug-likeness (QED) is 0.799. The summed E-state index contributed by atoms with van der Waals surface area (Å²) in [7, 11) is 0.351. The smallest absolute Gasteiger partial charge is 0.251 e. The topological polar surface area (TPSA) is 108 Å². The number of rotatable bonds is 4. The van der Waals surface area contributed by atoms with Crippen LogP contribution >= 0.6 is 0 Å². The SMILES string of the molecule is CN(C)c1cc(NS(C)(=O)=O)ccc1-c1nc2c([nH]1)=CCC(=O)N=2. The maximum atomic E-state index is 11.4. The number of carbonyl (C=O) groups excluding carboxylic acids is 1. The molecule has 9 heteroatoms. The number of nitrogens with one attached hydrogen (secondary N) is 2. The lowest BCUT2D eigenvalue weighted by Gasteiger charge is -2.18. The summed E-state index contributed by atoms with van der Waals surface area (Å²) in [4.78, 5) is 24.7. The van der Waals surface area contributed by atoms with E-state index in [4.69, 9.17) is 0 Å². The van der Waals surface area contributed by atoms with Gasteiger partial charge in [-0.15, -0.1) is 0 Å². The lowest BCUT2D eigenvalue weighted by Crippen LogP contribution is -2.29. The zero-order valence-electron chi connectivity index (χ0n) is 13.5. The Labute approximate surface area is 139 Å². The van der Waals surface area contributed by atoms with Gasteiger partial charge in [0.1, 0.15) is 5.82 Å². The predicted molar refractivity (Wildman–Crippen MR) is 91.7 cm³/mol. The molecular formula is C15H17N5O3S. The third-order valence-corrected chi connectivity index (χ3v) is 4.07. The van der Waals surface area contributed by atoms with Crippen molar-refractivity contribution in [3.8, 4) is 11.4 Å². The number of fused-ring (bicyclic) bond motifs is 1. The highest BCUT2D eigenvalue weighted by atomic mass is 32.2. The second kappa shape index (κ2) is 5.75. The number of anilines is 2. The molecule has 2 aromatic rings. The van der Waals surface area contributed by atoms with Crippen molar-refractivity contribution in [1.29, 1.82) is 0 Å². The minimum atomic E-state index is -3.35. The second-order valence-electron chi connectivity index (χ2n) is 5.74. The fraction of sp³-hybridized carbons (Fsp3) is 0.267. The van der Waals surface area contributed by atoms with Crippen LogP contribution in [0.4, 0.5) is 11.4 Å². The van der Waals surface area contributed by atoms with E-state index in [0.29, 0.717) is 22.3 Å². The van der Waals surface area contributed by atoms with Gasteiger partial charge in [0.05, 0.1) is 17.3 Å². The fourth-order valence-electron chi connectivity index (χ4n) is 2.47. The third kappa shape index (κ3) is 3.30. The van der Waals surface area contributed by atoms with Crippen LogP contribution in [0.5, 0.6) is 0 Å². The van der Waals surface area contributed by atoms with Crippen molar-refractivity contribution in [1.82, 2.24) is 9.97 Å². The van der Waals surface area contributed by atoms with E-state index in [9.17, 15) is 13.2 Å². The summed E-state index contributed by atoms with van der Waals surface area (Å²) in [5.41, 5.74) is 2.41. The first-order valence-electron chi connectivity index (χ1n) is 7.20. The number of hydrogen-bond donors (Lipinski definition) is 2. The summed E-state index contributed by atoms with van der Waals surface area (Å²) >= 11 is 0. The maximum Gasteiger partial charge on any atom is 0.251 e. The molecule has 0 radical (unpaired) electrons. The second-order valence-corrected chi connectivity index (χ2v) is 7.49. The zero-order valence-corrected chi connectivity index (χ0v) is 14.3. The zero-order chi connectivity index (χ0) is 17.5. The van der Waals surface area contributed by atoms with Gasteiger partial charge in [-0.3, -0.25) is 9.52 Å². The highest BCUT2D eigenvalue weighted by Gasteiger charge is 2.14. The minimum absolute atomic E-state index is 0.221. The molecular weight excluding hydrogens is 330 g/mol. The summed E-state index contributed by atoms with van der Waals surface area (Å²) in [5, 5.41) is 0.715. The highest BCUT2D eigenvalue weighted by Crippen LogP contribution is 2.30. The van der Waals surface area contributed by atoms with Crippen molar-refractivity contribution in [2.45, 2.75) is 6.42 Å². The van der Waals surface area contributed by atoms with Crippen LogP contribution in [0.3, 0.4) is 0 Å². The van der Waals surface area contributed by atoms with E-state index < -0.39 is 10.0 Å². The van der Waals surface area contributed by atoms with Gasteiger partial charge in [-0.1, -0.05) is 0 Å². The molecule has 0 aliphatic carbocycles. The first-order valence-corrected chi connectivity index (χ1v) is 9.09. The van der Waals surface area contributed by atoms with Crippen molar-refractivity contribution in [2.75, 3.05) is 30.0 Å². The van der Waals surface area contributed by atoms with Gasteiger partial charge in [-0.25, -0.2) is 13.4 Å². The number of nitrogens with zero attached hydrogens (tertiary/aromatic N) is 3. The molecule has 3 rings (SSSR count). The van der Waals surface area contributed by atoms with Crippen LogP contribution in [0.15, 0.2) is 23.2 Å². The number of amides is 1. The molecule has 0 fully saturated rings. The number of aromatic nitrogens is 2. The van der Waals surface area contributed by atoms with Gasteiger partial charge in [0.2, 0.25) is 10.0 Å². The van der Waals surface area contributed by atoms with E-state index in [1.165, 1.54) is 0 Å². The van der Waals surface area contributed by atoms with Crippen molar-refractivity contribution in [2.24, 2.45) is 4.99 Å². The number of hydrogen-bond acceptors (Lipinski definition) is 5. The van der Waals surface area contributed by atoms with Gasteiger partial charge in [0, 0.05) is 31.8 Å². The van der Waals surface area contributed by atoms with Crippen molar-refractivity contribution < 1.29 is 13.2 Å². The van der Waals surface area contributed by atoms with Gasteiger partial charge in [0.15, 0.2) is 5.49 Å². The molecule has 0 saturated heterocycles. The van der Waals surface area contributed by atoms with E-state index in [2.05, 4.69) is 19.7 Å². The molecule has 0 bridgehead atoms. The van der Waals surface area contributed by atoms with Crippen LogP contribution in [0, 0.1) is 0 Å². The largest absolute Gasteiger partial charge is 0.377 e. The Kier molecular flexibility index (Phi) is 3.88. The molecule has 1 aliphatic rings. The standard InChI is InChI=1S/C15H17N5O3S/c1-20(2)12-8-9(19-24(3,22)23)4-5-10(12)14-16-11-6-7-13(21)17-15(11)18-14/h4-6,8,19H,7H2,1-3H3,(H,16,17,18,21). The van der Waals surface area contributed by atoms with Crippen LogP contribution in [0.2, 0.25) is 0 Å². The van der Waals surface area contributed by atoms with E-state index in [1.807, 2.05) is 19.0 Å². The van der Waals surface area contributed by atoms with E-state index in [0.717, 1.165) is 17.5 Å². The van der Waals surface area contributed by atoms with Crippen LogP contribution in [-0.4, -0.2) is 44.6 Å².